The Hall–Kier alpha value is -2.39. The standard InChI is InChI=1S/C17H18N4OS/c1-4-22-13-7-5-12(6-8-13)16-14(10-18)21-17(19-16)23-15(20-21)9-11(2)3/h5-8,11H,4,9H2,1-3H3. The van der Waals surface area contributed by atoms with Gasteiger partial charge >= 0.3 is 0 Å². The highest BCUT2D eigenvalue weighted by Crippen LogP contribution is 2.28. The van der Waals surface area contributed by atoms with Crippen LogP contribution in [0.1, 0.15) is 31.5 Å². The monoisotopic (exact) mass is 326 g/mol. The van der Waals surface area contributed by atoms with Gasteiger partial charge in [0.2, 0.25) is 4.96 Å². The van der Waals surface area contributed by atoms with Crippen LogP contribution in [0.15, 0.2) is 24.3 Å². The van der Waals surface area contributed by atoms with Crippen molar-refractivity contribution in [2.24, 2.45) is 5.92 Å². The summed E-state index contributed by atoms with van der Waals surface area (Å²) in [4.78, 5) is 5.38. The number of benzene rings is 1. The fourth-order valence-electron chi connectivity index (χ4n) is 2.40. The average Bonchev–Trinajstić information content (AvgIpc) is 3.04. The van der Waals surface area contributed by atoms with Gasteiger partial charge in [-0.3, -0.25) is 0 Å². The molecule has 0 amide bonds. The van der Waals surface area contributed by atoms with Gasteiger partial charge in [0.05, 0.1) is 6.61 Å². The number of hydrogen-bond donors (Lipinski definition) is 0. The van der Waals surface area contributed by atoms with Gasteiger partial charge in [0.15, 0.2) is 5.69 Å². The number of fused-ring (bicyclic) bond motifs is 1. The Balaban J connectivity index is 2.00. The van der Waals surface area contributed by atoms with Crippen molar-refractivity contribution in [1.29, 1.82) is 5.26 Å². The van der Waals surface area contributed by atoms with E-state index >= 15 is 0 Å². The fourth-order valence-corrected chi connectivity index (χ4v) is 3.50. The molecule has 118 valence electrons. The number of ether oxygens (including phenoxy) is 1. The first kappa shape index (κ1) is 15.5. The Kier molecular flexibility index (Phi) is 4.30. The third kappa shape index (κ3) is 3.06. The maximum absolute atomic E-state index is 9.53. The number of imidazole rings is 1. The molecule has 3 rings (SSSR count). The number of aromatic nitrogens is 3. The van der Waals surface area contributed by atoms with Crippen molar-refractivity contribution in [2.75, 3.05) is 6.61 Å². The van der Waals surface area contributed by atoms with Crippen LogP contribution in [-0.4, -0.2) is 21.2 Å². The number of hydrogen-bond acceptors (Lipinski definition) is 5. The molecule has 0 radical (unpaired) electrons. The van der Waals surface area contributed by atoms with E-state index in [1.807, 2.05) is 31.2 Å². The van der Waals surface area contributed by atoms with Gasteiger partial charge in [-0.25, -0.2) is 4.98 Å². The third-order valence-corrected chi connectivity index (χ3v) is 4.30. The molecule has 0 aliphatic carbocycles. The molecule has 6 heteroatoms. The smallest absolute Gasteiger partial charge is 0.214 e. The summed E-state index contributed by atoms with van der Waals surface area (Å²) in [7, 11) is 0. The number of nitrogens with zero attached hydrogens (tertiary/aromatic N) is 4. The minimum absolute atomic E-state index is 0.482. The molecule has 3 aromatic rings. The number of rotatable bonds is 5. The van der Waals surface area contributed by atoms with Gasteiger partial charge < -0.3 is 4.74 Å². The van der Waals surface area contributed by atoms with E-state index in [1.165, 1.54) is 0 Å². The molecule has 0 N–H and O–H groups in total. The fraction of sp³-hybridized carbons (Fsp3) is 0.353. The second kappa shape index (κ2) is 6.39. The lowest BCUT2D eigenvalue weighted by Gasteiger charge is -2.03. The Morgan fingerprint density at radius 1 is 1.30 bits per heavy atom. The highest BCUT2D eigenvalue weighted by molar-refractivity contribution is 7.16. The van der Waals surface area contributed by atoms with Crippen LogP contribution >= 0.6 is 11.3 Å². The topological polar surface area (TPSA) is 63.2 Å². The predicted octanol–water partition coefficient (Wildman–Crippen LogP) is 3.93. The van der Waals surface area contributed by atoms with Crippen LogP contribution in [0.4, 0.5) is 0 Å². The van der Waals surface area contributed by atoms with Gasteiger partial charge in [0, 0.05) is 12.0 Å². The van der Waals surface area contributed by atoms with E-state index in [2.05, 4.69) is 30.0 Å². The van der Waals surface area contributed by atoms with Gasteiger partial charge in [0.1, 0.15) is 22.5 Å². The molecule has 2 heterocycles. The van der Waals surface area contributed by atoms with E-state index in [9.17, 15) is 5.26 Å². The van der Waals surface area contributed by atoms with E-state index in [0.29, 0.717) is 23.9 Å². The molecule has 0 atom stereocenters. The maximum atomic E-state index is 9.53. The van der Waals surface area contributed by atoms with Crippen LogP contribution in [0, 0.1) is 17.2 Å². The average molecular weight is 326 g/mol. The second-order valence-electron chi connectivity index (χ2n) is 5.67. The molecule has 0 aliphatic rings. The molecular weight excluding hydrogens is 308 g/mol. The van der Waals surface area contributed by atoms with Crippen LogP contribution in [0.25, 0.3) is 16.2 Å². The lowest BCUT2D eigenvalue weighted by Crippen LogP contribution is -1.96. The van der Waals surface area contributed by atoms with Crippen LogP contribution in [0.2, 0.25) is 0 Å². The second-order valence-corrected chi connectivity index (χ2v) is 6.71. The Bertz CT molecular complexity index is 855. The molecule has 0 bridgehead atoms. The SMILES string of the molecule is CCOc1ccc(-c2nc3sc(CC(C)C)nn3c2C#N)cc1. The summed E-state index contributed by atoms with van der Waals surface area (Å²) in [5.41, 5.74) is 2.05. The molecule has 0 saturated carbocycles. The van der Waals surface area contributed by atoms with Gasteiger partial charge in [0.25, 0.3) is 0 Å². The summed E-state index contributed by atoms with van der Waals surface area (Å²) in [6.07, 6.45) is 0.900. The zero-order chi connectivity index (χ0) is 16.4. The lowest BCUT2D eigenvalue weighted by molar-refractivity contribution is 0.340. The minimum Gasteiger partial charge on any atom is -0.494 e. The Morgan fingerprint density at radius 2 is 2.04 bits per heavy atom. The first-order valence-electron chi connectivity index (χ1n) is 7.64. The normalized spacial score (nSPS) is 11.1. The highest BCUT2D eigenvalue weighted by Gasteiger charge is 2.18. The Morgan fingerprint density at radius 3 is 2.65 bits per heavy atom. The Labute approximate surface area is 139 Å². The van der Waals surface area contributed by atoms with Crippen LogP contribution in [-0.2, 0) is 6.42 Å². The van der Waals surface area contributed by atoms with E-state index in [1.54, 1.807) is 15.9 Å². The van der Waals surface area contributed by atoms with Crippen LogP contribution < -0.4 is 4.74 Å². The minimum atomic E-state index is 0.482. The molecule has 5 nitrogen and oxygen atoms in total. The van der Waals surface area contributed by atoms with E-state index in [4.69, 9.17) is 4.74 Å². The van der Waals surface area contributed by atoms with Crippen molar-refractivity contribution >= 4 is 16.3 Å². The quantitative estimate of drug-likeness (QED) is 0.713. The van der Waals surface area contributed by atoms with Crippen molar-refractivity contribution < 1.29 is 4.74 Å². The first-order valence-corrected chi connectivity index (χ1v) is 8.45. The molecule has 23 heavy (non-hydrogen) atoms. The molecule has 0 unspecified atom stereocenters. The molecule has 0 saturated heterocycles. The van der Waals surface area contributed by atoms with Crippen molar-refractivity contribution in [2.45, 2.75) is 27.2 Å². The van der Waals surface area contributed by atoms with Gasteiger partial charge in [-0.2, -0.15) is 14.9 Å². The van der Waals surface area contributed by atoms with Crippen LogP contribution in [0.5, 0.6) is 5.75 Å². The van der Waals surface area contributed by atoms with E-state index in [0.717, 1.165) is 27.7 Å². The summed E-state index contributed by atoms with van der Waals surface area (Å²) in [5.74, 6) is 1.34. The molecule has 0 fully saturated rings. The summed E-state index contributed by atoms with van der Waals surface area (Å²) in [6, 6.07) is 9.87. The maximum Gasteiger partial charge on any atom is 0.214 e. The number of nitriles is 1. The molecular formula is C17H18N4OS. The zero-order valence-corrected chi connectivity index (χ0v) is 14.2. The van der Waals surface area contributed by atoms with Gasteiger partial charge in [-0.1, -0.05) is 25.2 Å². The van der Waals surface area contributed by atoms with Crippen molar-refractivity contribution in [3.8, 4) is 23.1 Å². The van der Waals surface area contributed by atoms with Gasteiger partial charge in [-0.15, -0.1) is 0 Å². The van der Waals surface area contributed by atoms with Gasteiger partial charge in [-0.05, 0) is 37.1 Å². The summed E-state index contributed by atoms with van der Waals surface area (Å²) >= 11 is 1.55. The van der Waals surface area contributed by atoms with Crippen molar-refractivity contribution in [1.82, 2.24) is 14.6 Å². The summed E-state index contributed by atoms with van der Waals surface area (Å²) in [6.45, 7) is 6.89. The molecule has 0 spiro atoms. The largest absolute Gasteiger partial charge is 0.494 e. The zero-order valence-electron chi connectivity index (χ0n) is 13.4. The van der Waals surface area contributed by atoms with E-state index in [-0.39, 0.29) is 0 Å². The van der Waals surface area contributed by atoms with Crippen LogP contribution in [0.3, 0.4) is 0 Å². The molecule has 2 aromatic heterocycles. The lowest BCUT2D eigenvalue weighted by atomic mass is 10.1. The van der Waals surface area contributed by atoms with E-state index < -0.39 is 0 Å². The van der Waals surface area contributed by atoms with Crippen molar-refractivity contribution in [3.63, 3.8) is 0 Å². The third-order valence-electron chi connectivity index (χ3n) is 3.37. The highest BCUT2D eigenvalue weighted by atomic mass is 32.1. The predicted molar refractivity (Wildman–Crippen MR) is 90.7 cm³/mol. The molecule has 1 aromatic carbocycles. The first-order chi connectivity index (χ1) is 11.1. The summed E-state index contributed by atoms with van der Waals surface area (Å²) < 4.78 is 7.11. The van der Waals surface area contributed by atoms with Crippen molar-refractivity contribution in [3.05, 3.63) is 35.0 Å². The molecule has 0 aliphatic heterocycles. The summed E-state index contributed by atoms with van der Waals surface area (Å²) in [5, 5.41) is 15.1.